The zero-order valence-electron chi connectivity index (χ0n) is 14.3. The second kappa shape index (κ2) is 7.50. The normalized spacial score (nSPS) is 14.8. The van der Waals surface area contributed by atoms with Crippen LogP contribution in [0.25, 0.3) is 0 Å². The fraction of sp³-hybridized carbons (Fsp3) is 0.278. The van der Waals surface area contributed by atoms with Gasteiger partial charge in [-0.15, -0.1) is 0 Å². The van der Waals surface area contributed by atoms with Gasteiger partial charge in [-0.05, 0) is 30.5 Å². The third kappa shape index (κ3) is 4.17. The number of aliphatic hydroxyl groups is 1. The van der Waals surface area contributed by atoms with Crippen molar-refractivity contribution in [3.63, 3.8) is 0 Å². The quantitative estimate of drug-likeness (QED) is 0.492. The molecule has 9 heteroatoms. The van der Waals surface area contributed by atoms with Gasteiger partial charge in [0.15, 0.2) is 11.6 Å². The minimum absolute atomic E-state index is 0.204. The van der Waals surface area contributed by atoms with Crippen molar-refractivity contribution in [1.82, 2.24) is 20.2 Å². The Hall–Kier alpha value is -2.71. The van der Waals surface area contributed by atoms with E-state index in [-0.39, 0.29) is 18.4 Å². The lowest BCUT2D eigenvalue weighted by Gasteiger charge is -2.17. The van der Waals surface area contributed by atoms with Crippen LogP contribution in [0, 0.1) is 5.82 Å². The minimum Gasteiger partial charge on any atom is -0.394 e. The van der Waals surface area contributed by atoms with Crippen LogP contribution in [0.5, 0.6) is 0 Å². The first-order chi connectivity index (χ1) is 13.1. The lowest BCUT2D eigenvalue weighted by Crippen LogP contribution is -2.17. The number of nitrogens with zero attached hydrogens (tertiary/aromatic N) is 3. The minimum atomic E-state index is -0.480. The first-order valence-corrected chi connectivity index (χ1v) is 8.98. The Morgan fingerprint density at radius 1 is 1.30 bits per heavy atom. The molecule has 1 fully saturated rings. The molecule has 27 heavy (non-hydrogen) atoms. The Morgan fingerprint density at radius 3 is 2.78 bits per heavy atom. The van der Waals surface area contributed by atoms with Crippen LogP contribution in [-0.2, 0) is 0 Å². The van der Waals surface area contributed by atoms with E-state index < -0.39 is 6.04 Å². The number of aliphatic hydroxyl groups excluding tert-OH is 1. The maximum Gasteiger partial charge on any atom is 0.225 e. The molecule has 2 heterocycles. The van der Waals surface area contributed by atoms with Crippen molar-refractivity contribution in [2.75, 3.05) is 17.2 Å². The summed E-state index contributed by atoms with van der Waals surface area (Å²) >= 11 is 6.19. The first kappa shape index (κ1) is 17.7. The fourth-order valence-electron chi connectivity index (χ4n) is 2.74. The molecule has 0 spiro atoms. The van der Waals surface area contributed by atoms with E-state index in [1.807, 2.05) is 6.07 Å². The smallest absolute Gasteiger partial charge is 0.225 e. The van der Waals surface area contributed by atoms with Gasteiger partial charge in [0.1, 0.15) is 10.8 Å². The second-order valence-corrected chi connectivity index (χ2v) is 6.84. The standard InChI is InChI=1S/C18H18ClFN6O/c19-13-8-21-18(22-15(9-27)11-3-5-12(20)6-4-11)24-17(13)23-16-7-14(25-26-16)10-1-2-10/h3-8,10,15,27H,1-2,9H2,(H3,21,22,23,24,25,26)/t15-/m1/s1. The van der Waals surface area contributed by atoms with Crippen LogP contribution < -0.4 is 10.6 Å². The number of anilines is 3. The van der Waals surface area contributed by atoms with E-state index in [2.05, 4.69) is 30.8 Å². The number of benzene rings is 1. The summed E-state index contributed by atoms with van der Waals surface area (Å²) in [5, 5.41) is 23.4. The molecule has 1 aliphatic rings. The summed E-state index contributed by atoms with van der Waals surface area (Å²) in [7, 11) is 0. The summed E-state index contributed by atoms with van der Waals surface area (Å²) < 4.78 is 13.1. The molecule has 0 amide bonds. The molecule has 7 nitrogen and oxygen atoms in total. The summed E-state index contributed by atoms with van der Waals surface area (Å²) in [6.45, 7) is -0.204. The zero-order chi connectivity index (χ0) is 18.8. The van der Waals surface area contributed by atoms with Crippen LogP contribution in [0.15, 0.2) is 36.5 Å². The Bertz CT molecular complexity index is 928. The van der Waals surface area contributed by atoms with E-state index in [9.17, 15) is 9.50 Å². The molecule has 4 rings (SSSR count). The predicted octanol–water partition coefficient (Wildman–Crippen LogP) is 3.76. The molecule has 0 aliphatic heterocycles. The third-order valence-electron chi connectivity index (χ3n) is 4.36. The molecule has 0 bridgehead atoms. The molecule has 1 saturated carbocycles. The Labute approximate surface area is 160 Å². The Balaban J connectivity index is 1.51. The topological polar surface area (TPSA) is 98.8 Å². The maximum absolute atomic E-state index is 13.1. The van der Waals surface area contributed by atoms with Gasteiger partial charge in [0.05, 0.1) is 18.8 Å². The number of aromatic amines is 1. The molecule has 2 aromatic heterocycles. The third-order valence-corrected chi connectivity index (χ3v) is 4.64. The number of halogens is 2. The SMILES string of the molecule is OC[C@@H](Nc1ncc(Cl)c(Nc2cc(C3CC3)[nH]n2)n1)c1ccc(F)cc1. The summed E-state index contributed by atoms with van der Waals surface area (Å²) in [6, 6.07) is 7.34. The van der Waals surface area contributed by atoms with Crippen molar-refractivity contribution < 1.29 is 9.50 Å². The number of nitrogens with one attached hydrogen (secondary N) is 3. The second-order valence-electron chi connectivity index (χ2n) is 6.43. The van der Waals surface area contributed by atoms with Gasteiger partial charge < -0.3 is 15.7 Å². The lowest BCUT2D eigenvalue weighted by molar-refractivity contribution is 0.276. The highest BCUT2D eigenvalue weighted by Crippen LogP contribution is 2.39. The van der Waals surface area contributed by atoms with Gasteiger partial charge in [-0.3, -0.25) is 5.10 Å². The van der Waals surface area contributed by atoms with E-state index in [0.717, 1.165) is 5.69 Å². The molecule has 1 atom stereocenters. The molecule has 1 aliphatic carbocycles. The summed E-state index contributed by atoms with van der Waals surface area (Å²) in [4.78, 5) is 8.51. The van der Waals surface area contributed by atoms with Crippen molar-refractivity contribution in [3.8, 4) is 0 Å². The maximum atomic E-state index is 13.1. The van der Waals surface area contributed by atoms with Gasteiger partial charge in [0.2, 0.25) is 5.95 Å². The van der Waals surface area contributed by atoms with Crippen LogP contribution >= 0.6 is 11.6 Å². The monoisotopic (exact) mass is 388 g/mol. The first-order valence-electron chi connectivity index (χ1n) is 8.60. The summed E-state index contributed by atoms with van der Waals surface area (Å²) in [5.41, 5.74) is 1.81. The van der Waals surface area contributed by atoms with Crippen molar-refractivity contribution in [2.45, 2.75) is 24.8 Å². The molecule has 1 aromatic carbocycles. The van der Waals surface area contributed by atoms with E-state index in [1.165, 1.54) is 31.2 Å². The van der Waals surface area contributed by atoms with Gasteiger partial charge in [-0.2, -0.15) is 10.1 Å². The highest BCUT2D eigenvalue weighted by atomic mass is 35.5. The average molecular weight is 389 g/mol. The van der Waals surface area contributed by atoms with Gasteiger partial charge in [-0.1, -0.05) is 23.7 Å². The van der Waals surface area contributed by atoms with Crippen LogP contribution in [0.4, 0.5) is 22.0 Å². The van der Waals surface area contributed by atoms with Crippen molar-refractivity contribution in [2.24, 2.45) is 0 Å². The number of H-pyrrole nitrogens is 1. The van der Waals surface area contributed by atoms with E-state index in [1.54, 1.807) is 12.1 Å². The lowest BCUT2D eigenvalue weighted by atomic mass is 10.1. The molecule has 0 radical (unpaired) electrons. The number of hydrogen-bond acceptors (Lipinski definition) is 6. The highest BCUT2D eigenvalue weighted by molar-refractivity contribution is 6.32. The van der Waals surface area contributed by atoms with Gasteiger partial charge in [0, 0.05) is 17.7 Å². The molecule has 3 aromatic rings. The average Bonchev–Trinajstić information content (AvgIpc) is 3.42. The number of rotatable bonds is 7. The van der Waals surface area contributed by atoms with E-state index >= 15 is 0 Å². The van der Waals surface area contributed by atoms with Crippen molar-refractivity contribution in [1.29, 1.82) is 0 Å². The molecule has 140 valence electrons. The zero-order valence-corrected chi connectivity index (χ0v) is 15.0. The van der Waals surface area contributed by atoms with Crippen molar-refractivity contribution in [3.05, 3.63) is 58.6 Å². The highest BCUT2D eigenvalue weighted by Gasteiger charge is 2.25. The summed E-state index contributed by atoms with van der Waals surface area (Å²) in [5.74, 6) is 1.53. The molecule has 0 unspecified atom stereocenters. The molecular weight excluding hydrogens is 371 g/mol. The van der Waals surface area contributed by atoms with Gasteiger partial charge in [0.25, 0.3) is 0 Å². The molecule has 4 N–H and O–H groups in total. The van der Waals surface area contributed by atoms with Crippen molar-refractivity contribution >= 4 is 29.2 Å². The Morgan fingerprint density at radius 2 is 2.07 bits per heavy atom. The van der Waals surface area contributed by atoms with Crippen LogP contribution in [0.2, 0.25) is 5.02 Å². The van der Waals surface area contributed by atoms with E-state index in [4.69, 9.17) is 11.6 Å². The molecular formula is C18H18ClFN6O. The largest absolute Gasteiger partial charge is 0.394 e. The van der Waals surface area contributed by atoms with Crippen LogP contribution in [0.3, 0.4) is 0 Å². The van der Waals surface area contributed by atoms with E-state index in [0.29, 0.717) is 28.1 Å². The van der Waals surface area contributed by atoms with Gasteiger partial charge >= 0.3 is 0 Å². The summed E-state index contributed by atoms with van der Waals surface area (Å²) in [6.07, 6.45) is 3.82. The van der Waals surface area contributed by atoms with Crippen LogP contribution in [-0.4, -0.2) is 31.9 Å². The predicted molar refractivity (Wildman–Crippen MR) is 101 cm³/mol. The molecule has 0 saturated heterocycles. The van der Waals surface area contributed by atoms with Gasteiger partial charge in [-0.25, -0.2) is 9.37 Å². The van der Waals surface area contributed by atoms with Crippen LogP contribution in [0.1, 0.15) is 36.1 Å². The number of aromatic nitrogens is 4. The number of hydrogen-bond donors (Lipinski definition) is 4. The fourth-order valence-corrected chi connectivity index (χ4v) is 2.87. The Kier molecular flexibility index (Phi) is 4.91.